The van der Waals surface area contributed by atoms with Crippen LogP contribution in [0.4, 0.5) is 0 Å². The van der Waals surface area contributed by atoms with Crippen molar-refractivity contribution < 1.29 is 9.47 Å². The predicted octanol–water partition coefficient (Wildman–Crippen LogP) is 4.57. The molecular formula is C14H21BrO2S. The summed E-state index contributed by atoms with van der Waals surface area (Å²) in [4.78, 5) is 0. The summed E-state index contributed by atoms with van der Waals surface area (Å²) < 4.78 is 12.2. The van der Waals surface area contributed by atoms with Gasteiger partial charge in [-0.1, -0.05) is 19.9 Å². The molecular weight excluding hydrogens is 312 g/mol. The third kappa shape index (κ3) is 3.58. The van der Waals surface area contributed by atoms with Crippen LogP contribution in [-0.4, -0.2) is 19.5 Å². The lowest BCUT2D eigenvalue weighted by Gasteiger charge is -2.30. The molecule has 0 fully saturated rings. The Morgan fingerprint density at radius 3 is 2.44 bits per heavy atom. The first kappa shape index (κ1) is 15.7. The van der Waals surface area contributed by atoms with Gasteiger partial charge < -0.3 is 9.47 Å². The zero-order valence-electron chi connectivity index (χ0n) is 11.2. The third-order valence-electron chi connectivity index (χ3n) is 3.51. The maximum absolute atomic E-state index is 5.98. The van der Waals surface area contributed by atoms with Gasteiger partial charge in [0.2, 0.25) is 0 Å². The lowest BCUT2D eigenvalue weighted by atomic mass is 9.85. The molecule has 0 unspecified atom stereocenters. The van der Waals surface area contributed by atoms with Crippen molar-refractivity contribution in [3.63, 3.8) is 0 Å². The van der Waals surface area contributed by atoms with Crippen LogP contribution in [0, 0.1) is 5.41 Å². The number of halogens is 1. The predicted molar refractivity (Wildman–Crippen MR) is 83.1 cm³/mol. The van der Waals surface area contributed by atoms with Crippen molar-refractivity contribution in [2.45, 2.75) is 26.7 Å². The molecule has 0 atom stereocenters. The fraction of sp³-hybridized carbons (Fsp3) is 0.571. The highest BCUT2D eigenvalue weighted by molar-refractivity contribution is 9.10. The van der Waals surface area contributed by atoms with Crippen LogP contribution in [0.15, 0.2) is 22.7 Å². The lowest BCUT2D eigenvalue weighted by molar-refractivity contribution is 0.152. The van der Waals surface area contributed by atoms with Crippen molar-refractivity contribution in [1.29, 1.82) is 0 Å². The maximum atomic E-state index is 5.98. The van der Waals surface area contributed by atoms with Gasteiger partial charge in [-0.05, 0) is 46.7 Å². The summed E-state index contributed by atoms with van der Waals surface area (Å²) in [7, 11) is 1.65. The number of hydrogen-bond acceptors (Lipinski definition) is 3. The standard InChI is InChI=1S/C14H21BrO2S/c1-4-14(5-2,10-18)9-17-13-11(15)7-6-8-12(13)16-3/h6-8,18H,4-5,9-10H2,1-3H3. The molecule has 0 spiro atoms. The fourth-order valence-electron chi connectivity index (χ4n) is 1.74. The lowest BCUT2D eigenvalue weighted by Crippen LogP contribution is -2.29. The van der Waals surface area contributed by atoms with Gasteiger partial charge in [0, 0.05) is 5.41 Å². The first-order valence-electron chi connectivity index (χ1n) is 6.18. The number of para-hydroxylation sites is 1. The van der Waals surface area contributed by atoms with Crippen LogP contribution in [-0.2, 0) is 0 Å². The van der Waals surface area contributed by atoms with Gasteiger partial charge in [0.05, 0.1) is 18.2 Å². The highest BCUT2D eigenvalue weighted by Gasteiger charge is 2.26. The van der Waals surface area contributed by atoms with Crippen LogP contribution < -0.4 is 9.47 Å². The molecule has 2 nitrogen and oxygen atoms in total. The minimum Gasteiger partial charge on any atom is -0.493 e. The molecule has 0 aliphatic heterocycles. The van der Waals surface area contributed by atoms with Crippen LogP contribution >= 0.6 is 28.6 Å². The van der Waals surface area contributed by atoms with E-state index >= 15 is 0 Å². The monoisotopic (exact) mass is 332 g/mol. The topological polar surface area (TPSA) is 18.5 Å². The second kappa shape index (κ2) is 7.29. The van der Waals surface area contributed by atoms with Crippen LogP contribution in [0.5, 0.6) is 11.5 Å². The smallest absolute Gasteiger partial charge is 0.175 e. The summed E-state index contributed by atoms with van der Waals surface area (Å²) in [6.07, 6.45) is 2.11. The van der Waals surface area contributed by atoms with E-state index in [1.54, 1.807) is 7.11 Å². The summed E-state index contributed by atoms with van der Waals surface area (Å²) in [5.41, 5.74) is 0.128. The number of ether oxygens (including phenoxy) is 2. The van der Waals surface area contributed by atoms with Crippen molar-refractivity contribution in [3.8, 4) is 11.5 Å². The Bertz CT molecular complexity index is 370. The van der Waals surface area contributed by atoms with Crippen molar-refractivity contribution in [1.82, 2.24) is 0 Å². The van der Waals surface area contributed by atoms with Gasteiger partial charge in [-0.15, -0.1) is 0 Å². The molecule has 18 heavy (non-hydrogen) atoms. The Morgan fingerprint density at radius 2 is 1.94 bits per heavy atom. The van der Waals surface area contributed by atoms with E-state index in [0.29, 0.717) is 6.61 Å². The van der Waals surface area contributed by atoms with Gasteiger partial charge in [0.15, 0.2) is 11.5 Å². The quantitative estimate of drug-likeness (QED) is 0.737. The minimum atomic E-state index is 0.128. The van der Waals surface area contributed by atoms with Crippen LogP contribution in [0.3, 0.4) is 0 Å². The zero-order valence-corrected chi connectivity index (χ0v) is 13.7. The zero-order chi connectivity index (χ0) is 13.6. The molecule has 0 aliphatic rings. The average Bonchev–Trinajstić information content (AvgIpc) is 2.42. The molecule has 1 aromatic rings. The highest BCUT2D eigenvalue weighted by Crippen LogP contribution is 2.37. The molecule has 0 heterocycles. The molecule has 0 N–H and O–H groups in total. The number of rotatable bonds is 7. The Balaban J connectivity index is 2.85. The molecule has 4 heteroatoms. The normalized spacial score (nSPS) is 11.4. The largest absolute Gasteiger partial charge is 0.493 e. The van der Waals surface area contributed by atoms with Crippen LogP contribution in [0.2, 0.25) is 0 Å². The summed E-state index contributed by atoms with van der Waals surface area (Å²) in [5, 5.41) is 0. The summed E-state index contributed by atoms with van der Waals surface area (Å²) in [6, 6.07) is 5.79. The van der Waals surface area contributed by atoms with E-state index in [4.69, 9.17) is 9.47 Å². The molecule has 0 saturated carbocycles. The van der Waals surface area contributed by atoms with Gasteiger partial charge in [0.25, 0.3) is 0 Å². The Labute approximate surface area is 124 Å². The second-order valence-electron chi connectivity index (χ2n) is 4.43. The van der Waals surface area contributed by atoms with Crippen molar-refractivity contribution in [3.05, 3.63) is 22.7 Å². The Hall–Kier alpha value is -0.350. The van der Waals surface area contributed by atoms with E-state index in [0.717, 1.165) is 34.6 Å². The van der Waals surface area contributed by atoms with Crippen molar-refractivity contribution in [2.75, 3.05) is 19.5 Å². The van der Waals surface area contributed by atoms with E-state index < -0.39 is 0 Å². The molecule has 1 rings (SSSR count). The summed E-state index contributed by atoms with van der Waals surface area (Å²) in [6.45, 7) is 5.02. The SMILES string of the molecule is CCC(CC)(CS)COc1c(Br)cccc1OC. The molecule has 0 radical (unpaired) electrons. The van der Waals surface area contributed by atoms with Gasteiger partial charge in [-0.3, -0.25) is 0 Å². The fourth-order valence-corrected chi connectivity index (χ4v) is 2.74. The van der Waals surface area contributed by atoms with E-state index in [1.807, 2.05) is 18.2 Å². The van der Waals surface area contributed by atoms with E-state index in [1.165, 1.54) is 0 Å². The second-order valence-corrected chi connectivity index (χ2v) is 5.60. The molecule has 0 saturated heterocycles. The van der Waals surface area contributed by atoms with Crippen LogP contribution in [0.25, 0.3) is 0 Å². The van der Waals surface area contributed by atoms with E-state index in [9.17, 15) is 0 Å². The van der Waals surface area contributed by atoms with Gasteiger partial charge in [-0.2, -0.15) is 12.6 Å². The molecule has 0 aliphatic carbocycles. The molecule has 102 valence electrons. The molecule has 1 aromatic carbocycles. The third-order valence-corrected chi connectivity index (χ3v) is 4.80. The molecule has 0 amide bonds. The van der Waals surface area contributed by atoms with Crippen molar-refractivity contribution >= 4 is 28.6 Å². The first-order chi connectivity index (χ1) is 8.62. The van der Waals surface area contributed by atoms with Crippen molar-refractivity contribution in [2.24, 2.45) is 5.41 Å². The molecule has 0 aromatic heterocycles. The number of hydrogen-bond donors (Lipinski definition) is 1. The minimum absolute atomic E-state index is 0.128. The number of thiol groups is 1. The first-order valence-corrected chi connectivity index (χ1v) is 7.61. The van der Waals surface area contributed by atoms with Gasteiger partial charge in [0.1, 0.15) is 0 Å². The summed E-state index contributed by atoms with van der Waals surface area (Å²) in [5.74, 6) is 2.35. The highest BCUT2D eigenvalue weighted by atomic mass is 79.9. The van der Waals surface area contributed by atoms with E-state index in [2.05, 4.69) is 42.4 Å². The average molecular weight is 333 g/mol. The number of benzene rings is 1. The van der Waals surface area contributed by atoms with Gasteiger partial charge >= 0.3 is 0 Å². The van der Waals surface area contributed by atoms with Gasteiger partial charge in [-0.25, -0.2) is 0 Å². The molecule has 0 bridgehead atoms. The van der Waals surface area contributed by atoms with E-state index in [-0.39, 0.29) is 5.41 Å². The number of methoxy groups -OCH3 is 1. The Morgan fingerprint density at radius 1 is 1.28 bits per heavy atom. The summed E-state index contributed by atoms with van der Waals surface area (Å²) >= 11 is 7.96. The Kier molecular flexibility index (Phi) is 6.36. The maximum Gasteiger partial charge on any atom is 0.175 e. The van der Waals surface area contributed by atoms with Crippen LogP contribution in [0.1, 0.15) is 26.7 Å².